The fourth-order valence-corrected chi connectivity index (χ4v) is 2.73. The van der Waals surface area contributed by atoms with Crippen LogP contribution in [0.25, 0.3) is 0 Å². The van der Waals surface area contributed by atoms with Crippen molar-refractivity contribution in [3.63, 3.8) is 0 Å². The third-order valence-corrected chi connectivity index (χ3v) is 3.78. The zero-order valence-corrected chi connectivity index (χ0v) is 11.7. The van der Waals surface area contributed by atoms with Crippen molar-refractivity contribution in [2.45, 2.75) is 38.1 Å². The number of carboxylic acids is 1. The van der Waals surface area contributed by atoms with E-state index >= 15 is 0 Å². The molecule has 112 valence electrons. The van der Waals surface area contributed by atoms with E-state index < -0.39 is 12.0 Å². The van der Waals surface area contributed by atoms with Crippen molar-refractivity contribution in [1.29, 1.82) is 0 Å². The van der Waals surface area contributed by atoms with Crippen LogP contribution in [0.1, 0.15) is 31.2 Å². The first kappa shape index (κ1) is 15.2. The van der Waals surface area contributed by atoms with Crippen LogP contribution in [0, 0.1) is 5.92 Å². The summed E-state index contributed by atoms with van der Waals surface area (Å²) in [6, 6.07) is 8.17. The highest BCUT2D eigenvalue weighted by molar-refractivity contribution is 5.86. The highest BCUT2D eigenvalue weighted by Crippen LogP contribution is 2.24. The first-order chi connectivity index (χ1) is 10.1. The third kappa shape index (κ3) is 4.41. The van der Waals surface area contributed by atoms with Gasteiger partial charge in [-0.05, 0) is 24.3 Å². The van der Waals surface area contributed by atoms with E-state index in [4.69, 9.17) is 0 Å². The summed E-state index contributed by atoms with van der Waals surface area (Å²) in [6.45, 7) is 0. The van der Waals surface area contributed by atoms with Gasteiger partial charge in [-0.1, -0.05) is 30.3 Å². The zero-order chi connectivity index (χ0) is 15.2. The molecule has 1 aliphatic carbocycles. The van der Waals surface area contributed by atoms with Crippen LogP contribution in [0.4, 0.5) is 0 Å². The number of hydrogen-bond donors (Lipinski definition) is 2. The number of nitrogens with one attached hydrogen (secondary N) is 1. The van der Waals surface area contributed by atoms with E-state index in [1.165, 1.54) is 0 Å². The molecular formula is C16H19NO4. The van der Waals surface area contributed by atoms with Crippen molar-refractivity contribution in [3.05, 3.63) is 35.9 Å². The number of carboxylic acid groups (broad SMARTS) is 1. The summed E-state index contributed by atoms with van der Waals surface area (Å²) in [5, 5.41) is 11.9. The maximum Gasteiger partial charge on any atom is 0.326 e. The summed E-state index contributed by atoms with van der Waals surface area (Å²) in [4.78, 5) is 34.8. The molecule has 5 nitrogen and oxygen atoms in total. The van der Waals surface area contributed by atoms with Gasteiger partial charge in [-0.25, -0.2) is 4.79 Å². The van der Waals surface area contributed by atoms with Crippen molar-refractivity contribution in [1.82, 2.24) is 5.32 Å². The number of amides is 1. The molecule has 1 aliphatic rings. The molecule has 0 aliphatic heterocycles. The van der Waals surface area contributed by atoms with E-state index in [0.29, 0.717) is 19.3 Å². The van der Waals surface area contributed by atoms with Gasteiger partial charge in [0.05, 0.1) is 6.42 Å². The average Bonchev–Trinajstić information content (AvgIpc) is 2.45. The molecule has 0 heterocycles. The van der Waals surface area contributed by atoms with Crippen molar-refractivity contribution in [2.24, 2.45) is 5.92 Å². The smallest absolute Gasteiger partial charge is 0.326 e. The normalized spacial score (nSPS) is 19.8. The van der Waals surface area contributed by atoms with E-state index in [1.807, 2.05) is 30.3 Å². The second-order valence-corrected chi connectivity index (χ2v) is 5.44. The Morgan fingerprint density at radius 1 is 1.29 bits per heavy atom. The Balaban J connectivity index is 1.97. The fourth-order valence-electron chi connectivity index (χ4n) is 2.73. The summed E-state index contributed by atoms with van der Waals surface area (Å²) in [7, 11) is 0. The number of ketones is 1. The van der Waals surface area contributed by atoms with Crippen molar-refractivity contribution in [3.8, 4) is 0 Å². The van der Waals surface area contributed by atoms with E-state index in [1.54, 1.807) is 0 Å². The Kier molecular flexibility index (Phi) is 5.09. The Labute approximate surface area is 123 Å². The molecule has 0 spiro atoms. The molecule has 1 amide bonds. The molecule has 0 aromatic heterocycles. The van der Waals surface area contributed by atoms with Crippen LogP contribution >= 0.6 is 0 Å². The molecule has 2 rings (SSSR count). The molecule has 1 saturated carbocycles. The van der Waals surface area contributed by atoms with Crippen molar-refractivity contribution >= 4 is 17.7 Å². The Hall–Kier alpha value is -2.17. The molecule has 1 fully saturated rings. The molecule has 2 N–H and O–H groups in total. The van der Waals surface area contributed by atoms with Gasteiger partial charge in [0, 0.05) is 12.8 Å². The predicted octanol–water partition coefficient (Wildman–Crippen LogP) is 1.56. The number of aliphatic carboxylic acids is 1. The SMILES string of the molecule is O=C1CCC[C@@H]([C@@H](NC(=O)Cc2ccccc2)C(=O)O)C1. The van der Waals surface area contributed by atoms with Gasteiger partial charge >= 0.3 is 5.97 Å². The van der Waals surface area contributed by atoms with Crippen LogP contribution in [0.5, 0.6) is 0 Å². The minimum Gasteiger partial charge on any atom is -0.480 e. The molecule has 2 atom stereocenters. The highest BCUT2D eigenvalue weighted by Gasteiger charge is 2.33. The quantitative estimate of drug-likeness (QED) is 0.861. The van der Waals surface area contributed by atoms with Gasteiger partial charge in [0.15, 0.2) is 0 Å². The van der Waals surface area contributed by atoms with Crippen LogP contribution in [-0.2, 0) is 20.8 Å². The number of rotatable bonds is 5. The molecule has 0 radical (unpaired) electrons. The van der Waals surface area contributed by atoms with Gasteiger partial charge in [-0.2, -0.15) is 0 Å². The van der Waals surface area contributed by atoms with Gasteiger partial charge in [0.25, 0.3) is 0 Å². The lowest BCUT2D eigenvalue weighted by atomic mass is 9.83. The lowest BCUT2D eigenvalue weighted by Gasteiger charge is -2.27. The molecule has 1 aromatic rings. The van der Waals surface area contributed by atoms with E-state index in [9.17, 15) is 19.5 Å². The van der Waals surface area contributed by atoms with Gasteiger partial charge in [-0.3, -0.25) is 9.59 Å². The molecule has 0 unspecified atom stereocenters. The van der Waals surface area contributed by atoms with Crippen LogP contribution < -0.4 is 5.32 Å². The molecule has 1 aromatic carbocycles. The molecule has 21 heavy (non-hydrogen) atoms. The van der Waals surface area contributed by atoms with E-state index in [0.717, 1.165) is 5.56 Å². The van der Waals surface area contributed by atoms with Crippen LogP contribution in [0.15, 0.2) is 30.3 Å². The summed E-state index contributed by atoms with van der Waals surface area (Å²) >= 11 is 0. The van der Waals surface area contributed by atoms with Gasteiger partial charge in [0.2, 0.25) is 5.91 Å². The number of carbonyl (C=O) groups excluding carboxylic acids is 2. The third-order valence-electron chi connectivity index (χ3n) is 3.78. The topological polar surface area (TPSA) is 83.5 Å². The second kappa shape index (κ2) is 7.02. The van der Waals surface area contributed by atoms with Crippen molar-refractivity contribution in [2.75, 3.05) is 0 Å². The van der Waals surface area contributed by atoms with Gasteiger partial charge < -0.3 is 10.4 Å². The van der Waals surface area contributed by atoms with E-state index in [-0.39, 0.29) is 30.4 Å². The monoisotopic (exact) mass is 289 g/mol. The van der Waals surface area contributed by atoms with Crippen LogP contribution in [0.2, 0.25) is 0 Å². The lowest BCUT2D eigenvalue weighted by Crippen LogP contribution is -2.47. The molecular weight excluding hydrogens is 270 g/mol. The maximum absolute atomic E-state index is 12.0. The Bertz CT molecular complexity index is 526. The number of Topliss-reactive ketones (excluding diaryl/α,β-unsaturated/α-hetero) is 1. The largest absolute Gasteiger partial charge is 0.480 e. The molecule has 0 saturated heterocycles. The summed E-state index contributed by atoms with van der Waals surface area (Å²) in [6.07, 6.45) is 2.25. The minimum absolute atomic E-state index is 0.0785. The van der Waals surface area contributed by atoms with Crippen LogP contribution in [0.3, 0.4) is 0 Å². The highest BCUT2D eigenvalue weighted by atomic mass is 16.4. The summed E-state index contributed by atoms with van der Waals surface area (Å²) in [5.74, 6) is -1.62. The Morgan fingerprint density at radius 2 is 2.00 bits per heavy atom. The minimum atomic E-state index is -1.07. The molecule has 5 heteroatoms. The lowest BCUT2D eigenvalue weighted by molar-refractivity contribution is -0.144. The first-order valence-electron chi connectivity index (χ1n) is 7.14. The van der Waals surface area contributed by atoms with Gasteiger partial charge in [0.1, 0.15) is 11.8 Å². The number of benzene rings is 1. The first-order valence-corrected chi connectivity index (χ1v) is 7.14. The fraction of sp³-hybridized carbons (Fsp3) is 0.438. The standard InChI is InChI=1S/C16H19NO4/c18-13-8-4-7-12(10-13)15(16(20)21)17-14(19)9-11-5-2-1-3-6-11/h1-3,5-6,12,15H,4,7-10H2,(H,17,19)(H,20,21)/t12-,15-/m1/s1. The zero-order valence-electron chi connectivity index (χ0n) is 11.7. The van der Waals surface area contributed by atoms with Gasteiger partial charge in [-0.15, -0.1) is 0 Å². The number of hydrogen-bond acceptors (Lipinski definition) is 3. The maximum atomic E-state index is 12.0. The second-order valence-electron chi connectivity index (χ2n) is 5.44. The average molecular weight is 289 g/mol. The Morgan fingerprint density at radius 3 is 2.62 bits per heavy atom. The number of carbonyl (C=O) groups is 3. The summed E-state index contributed by atoms with van der Waals surface area (Å²) in [5.41, 5.74) is 0.832. The van der Waals surface area contributed by atoms with Crippen molar-refractivity contribution < 1.29 is 19.5 Å². The summed E-state index contributed by atoms with van der Waals surface area (Å²) < 4.78 is 0. The van der Waals surface area contributed by atoms with E-state index in [2.05, 4.69) is 5.32 Å². The predicted molar refractivity (Wildman–Crippen MR) is 76.7 cm³/mol. The molecule has 0 bridgehead atoms. The van der Waals surface area contributed by atoms with Crippen LogP contribution in [-0.4, -0.2) is 28.8 Å².